The predicted octanol–water partition coefficient (Wildman–Crippen LogP) is 1.78. The lowest BCUT2D eigenvalue weighted by Gasteiger charge is -2.01. The van der Waals surface area contributed by atoms with E-state index in [4.69, 9.17) is 4.42 Å². The summed E-state index contributed by atoms with van der Waals surface area (Å²) in [7, 11) is 1.85. The molecule has 1 unspecified atom stereocenters. The van der Waals surface area contributed by atoms with E-state index in [0.29, 0.717) is 11.8 Å². The van der Waals surface area contributed by atoms with E-state index in [9.17, 15) is 0 Å². The molecular formula is C9H12N4OS. The van der Waals surface area contributed by atoms with Crippen molar-refractivity contribution >= 4 is 11.3 Å². The summed E-state index contributed by atoms with van der Waals surface area (Å²) in [6.45, 7) is 3.91. The summed E-state index contributed by atoms with van der Waals surface area (Å²) in [5.41, 5.74) is 0.750. The topological polar surface area (TPSA) is 63.8 Å². The Balaban J connectivity index is 2.27. The first-order valence-electron chi connectivity index (χ1n) is 4.64. The fraction of sp³-hybridized carbons (Fsp3) is 0.444. The molecule has 0 bridgehead atoms. The van der Waals surface area contributed by atoms with Crippen molar-refractivity contribution in [3.63, 3.8) is 0 Å². The Morgan fingerprint density at radius 1 is 1.47 bits per heavy atom. The lowest BCUT2D eigenvalue weighted by atomic mass is 10.3. The summed E-state index contributed by atoms with van der Waals surface area (Å²) in [4.78, 5) is 4.28. The second-order valence-electron chi connectivity index (χ2n) is 3.21. The van der Waals surface area contributed by atoms with E-state index in [0.717, 1.165) is 10.7 Å². The molecule has 2 aromatic heterocycles. The Hall–Kier alpha value is -1.27. The molecule has 5 nitrogen and oxygen atoms in total. The molecule has 0 amide bonds. The van der Waals surface area contributed by atoms with E-state index in [-0.39, 0.29) is 6.04 Å². The summed E-state index contributed by atoms with van der Waals surface area (Å²) >= 11 is 1.57. The van der Waals surface area contributed by atoms with Crippen LogP contribution in [0.25, 0.3) is 11.6 Å². The monoisotopic (exact) mass is 224 g/mol. The number of nitrogens with one attached hydrogen (secondary N) is 1. The van der Waals surface area contributed by atoms with E-state index in [1.165, 1.54) is 0 Å². The minimum Gasteiger partial charge on any atom is -0.418 e. The molecule has 2 rings (SSSR count). The average Bonchev–Trinajstić information content (AvgIpc) is 2.84. The highest BCUT2D eigenvalue weighted by Crippen LogP contribution is 2.21. The van der Waals surface area contributed by atoms with Crippen LogP contribution in [0.3, 0.4) is 0 Å². The zero-order valence-electron chi connectivity index (χ0n) is 8.81. The largest absolute Gasteiger partial charge is 0.418 e. The highest BCUT2D eigenvalue weighted by molar-refractivity contribution is 7.09. The molecule has 0 saturated carbocycles. The second kappa shape index (κ2) is 4.08. The molecule has 0 aromatic carbocycles. The van der Waals surface area contributed by atoms with E-state index in [1.54, 1.807) is 11.3 Å². The molecule has 0 aliphatic heterocycles. The maximum Gasteiger partial charge on any atom is 0.267 e. The van der Waals surface area contributed by atoms with E-state index in [2.05, 4.69) is 20.5 Å². The smallest absolute Gasteiger partial charge is 0.267 e. The normalized spacial score (nSPS) is 13.0. The number of aryl methyl sites for hydroxylation is 1. The predicted molar refractivity (Wildman–Crippen MR) is 57.6 cm³/mol. The molecular weight excluding hydrogens is 212 g/mol. The van der Waals surface area contributed by atoms with Crippen molar-refractivity contribution in [2.45, 2.75) is 19.9 Å². The maximum atomic E-state index is 5.50. The lowest BCUT2D eigenvalue weighted by Crippen LogP contribution is -2.12. The third-order valence-electron chi connectivity index (χ3n) is 2.08. The number of thiazole rings is 1. The minimum absolute atomic E-state index is 0.0611. The van der Waals surface area contributed by atoms with Crippen molar-refractivity contribution in [3.8, 4) is 11.6 Å². The fourth-order valence-corrected chi connectivity index (χ4v) is 1.68. The molecule has 0 radical (unpaired) electrons. The molecule has 15 heavy (non-hydrogen) atoms. The minimum atomic E-state index is 0.0611. The Kier molecular flexibility index (Phi) is 2.79. The van der Waals surface area contributed by atoms with Gasteiger partial charge in [0.25, 0.3) is 5.89 Å². The van der Waals surface area contributed by atoms with Crippen LogP contribution >= 0.6 is 11.3 Å². The van der Waals surface area contributed by atoms with Gasteiger partial charge in [-0.1, -0.05) is 0 Å². The number of nitrogens with zero attached hydrogens (tertiary/aromatic N) is 3. The molecule has 6 heteroatoms. The van der Waals surface area contributed by atoms with Crippen molar-refractivity contribution in [2.75, 3.05) is 7.05 Å². The highest BCUT2D eigenvalue weighted by Gasteiger charge is 2.14. The Morgan fingerprint density at radius 2 is 2.27 bits per heavy atom. The number of hydrogen-bond acceptors (Lipinski definition) is 6. The van der Waals surface area contributed by atoms with Gasteiger partial charge in [0.05, 0.1) is 11.0 Å². The molecule has 2 aromatic rings. The second-order valence-corrected chi connectivity index (χ2v) is 4.27. The molecule has 1 N–H and O–H groups in total. The van der Waals surface area contributed by atoms with Crippen LogP contribution in [-0.2, 0) is 0 Å². The molecule has 0 aliphatic carbocycles. The van der Waals surface area contributed by atoms with Crippen LogP contribution in [0.15, 0.2) is 9.80 Å². The molecule has 2 heterocycles. The molecule has 0 aliphatic rings. The van der Waals surface area contributed by atoms with Crippen LogP contribution in [0.1, 0.15) is 23.9 Å². The van der Waals surface area contributed by atoms with Gasteiger partial charge in [-0.2, -0.15) is 0 Å². The van der Waals surface area contributed by atoms with Crippen LogP contribution in [-0.4, -0.2) is 22.2 Å². The van der Waals surface area contributed by atoms with Crippen LogP contribution < -0.4 is 5.32 Å². The van der Waals surface area contributed by atoms with E-state index >= 15 is 0 Å². The summed E-state index contributed by atoms with van der Waals surface area (Å²) in [6.07, 6.45) is 0. The third kappa shape index (κ3) is 2.05. The zero-order chi connectivity index (χ0) is 10.8. The van der Waals surface area contributed by atoms with Gasteiger partial charge in [-0.15, -0.1) is 21.5 Å². The van der Waals surface area contributed by atoms with Gasteiger partial charge in [0.2, 0.25) is 5.89 Å². The van der Waals surface area contributed by atoms with Crippen molar-refractivity contribution < 1.29 is 4.42 Å². The Bertz CT molecular complexity index is 450. The summed E-state index contributed by atoms with van der Waals surface area (Å²) in [5.74, 6) is 1.06. The first-order valence-corrected chi connectivity index (χ1v) is 5.52. The molecule has 0 saturated heterocycles. The van der Waals surface area contributed by atoms with Crippen LogP contribution in [0.5, 0.6) is 0 Å². The van der Waals surface area contributed by atoms with Gasteiger partial charge in [0, 0.05) is 5.38 Å². The SMILES string of the molecule is CNC(C)c1nnc(-c2csc(C)n2)o1. The van der Waals surface area contributed by atoms with Crippen molar-refractivity contribution in [1.82, 2.24) is 20.5 Å². The van der Waals surface area contributed by atoms with Gasteiger partial charge in [0.15, 0.2) is 0 Å². The first kappa shape index (κ1) is 10.3. The Labute approximate surface area is 91.6 Å². The van der Waals surface area contributed by atoms with Crippen LogP contribution in [0.2, 0.25) is 0 Å². The molecule has 1 atom stereocenters. The van der Waals surface area contributed by atoms with Crippen LogP contribution in [0.4, 0.5) is 0 Å². The van der Waals surface area contributed by atoms with E-state index in [1.807, 2.05) is 26.3 Å². The van der Waals surface area contributed by atoms with E-state index < -0.39 is 0 Å². The maximum absolute atomic E-state index is 5.50. The Morgan fingerprint density at radius 3 is 2.87 bits per heavy atom. The fourth-order valence-electron chi connectivity index (χ4n) is 1.10. The third-order valence-corrected chi connectivity index (χ3v) is 2.86. The van der Waals surface area contributed by atoms with Gasteiger partial charge < -0.3 is 9.73 Å². The van der Waals surface area contributed by atoms with Gasteiger partial charge in [-0.05, 0) is 20.9 Å². The van der Waals surface area contributed by atoms with Crippen molar-refractivity contribution in [2.24, 2.45) is 0 Å². The van der Waals surface area contributed by atoms with Gasteiger partial charge in [-0.3, -0.25) is 0 Å². The van der Waals surface area contributed by atoms with Gasteiger partial charge in [0.1, 0.15) is 5.69 Å². The average molecular weight is 224 g/mol. The molecule has 80 valence electrons. The van der Waals surface area contributed by atoms with Gasteiger partial charge >= 0.3 is 0 Å². The quantitative estimate of drug-likeness (QED) is 0.861. The first-order chi connectivity index (χ1) is 7.20. The highest BCUT2D eigenvalue weighted by atomic mass is 32.1. The number of rotatable bonds is 3. The van der Waals surface area contributed by atoms with Gasteiger partial charge in [-0.25, -0.2) is 4.98 Å². The van der Waals surface area contributed by atoms with Crippen molar-refractivity contribution in [1.29, 1.82) is 0 Å². The summed E-state index contributed by atoms with van der Waals surface area (Å²) in [6, 6.07) is 0.0611. The summed E-state index contributed by atoms with van der Waals surface area (Å²) < 4.78 is 5.50. The lowest BCUT2D eigenvalue weighted by molar-refractivity contribution is 0.440. The standard InChI is InChI=1S/C9H12N4OS/c1-5(10-3)8-12-13-9(14-8)7-4-15-6(2)11-7/h4-5,10H,1-3H3. The van der Waals surface area contributed by atoms with Crippen LogP contribution in [0, 0.1) is 6.92 Å². The molecule has 0 spiro atoms. The number of aromatic nitrogens is 3. The zero-order valence-corrected chi connectivity index (χ0v) is 9.63. The van der Waals surface area contributed by atoms with Crippen molar-refractivity contribution in [3.05, 3.63) is 16.3 Å². The molecule has 0 fully saturated rings. The summed E-state index contributed by atoms with van der Waals surface area (Å²) in [5, 5.41) is 13.9. The number of hydrogen-bond donors (Lipinski definition) is 1.